The smallest absolute Gasteiger partial charge is 0.225 e. The Labute approximate surface area is 197 Å². The fraction of sp³-hybridized carbons (Fsp3) is 0.500. The first-order chi connectivity index (χ1) is 16.0. The van der Waals surface area contributed by atoms with Gasteiger partial charge >= 0.3 is 0 Å². The number of aromatic nitrogens is 4. The van der Waals surface area contributed by atoms with Crippen LogP contribution >= 0.6 is 11.6 Å². The third-order valence-corrected chi connectivity index (χ3v) is 6.90. The molecule has 33 heavy (non-hydrogen) atoms. The number of hydrogen-bond donors (Lipinski definition) is 0. The van der Waals surface area contributed by atoms with E-state index in [9.17, 15) is 4.39 Å². The van der Waals surface area contributed by atoms with E-state index in [1.165, 1.54) is 25.3 Å². The molecule has 0 amide bonds. The Morgan fingerprint density at radius 3 is 2.67 bits per heavy atom. The number of ether oxygens (including phenoxy) is 1. The summed E-state index contributed by atoms with van der Waals surface area (Å²) in [5.41, 5.74) is 0.517. The molecule has 1 aliphatic carbocycles. The molecule has 0 bridgehead atoms. The molecule has 3 heterocycles. The summed E-state index contributed by atoms with van der Waals surface area (Å²) < 4.78 is 25.6. The van der Waals surface area contributed by atoms with Crippen molar-refractivity contribution in [3.05, 3.63) is 58.8 Å². The van der Waals surface area contributed by atoms with Gasteiger partial charge in [0.1, 0.15) is 11.6 Å². The van der Waals surface area contributed by atoms with E-state index < -0.39 is 0 Å². The van der Waals surface area contributed by atoms with Crippen molar-refractivity contribution in [1.29, 1.82) is 0 Å². The molecule has 1 aliphatic heterocycles. The third-order valence-electron chi connectivity index (χ3n) is 6.70. The van der Waals surface area contributed by atoms with Crippen molar-refractivity contribution >= 4 is 17.5 Å². The summed E-state index contributed by atoms with van der Waals surface area (Å²) in [5, 5.41) is 8.26. The van der Waals surface area contributed by atoms with Gasteiger partial charge in [0.2, 0.25) is 17.7 Å². The van der Waals surface area contributed by atoms with E-state index in [1.54, 1.807) is 31.5 Å². The summed E-state index contributed by atoms with van der Waals surface area (Å²) in [4.78, 5) is 10.9. The largest absolute Gasteiger partial charge is 0.493 e. The summed E-state index contributed by atoms with van der Waals surface area (Å²) in [6.07, 6.45) is 8.19. The van der Waals surface area contributed by atoms with Gasteiger partial charge < -0.3 is 14.1 Å². The predicted molar refractivity (Wildman–Crippen MR) is 122 cm³/mol. The Bertz CT molecular complexity index is 1080. The minimum absolute atomic E-state index is 0.277. The second-order valence-electron chi connectivity index (χ2n) is 8.97. The Balaban J connectivity index is 1.04. The van der Waals surface area contributed by atoms with Gasteiger partial charge in [-0.3, -0.25) is 0 Å². The standard InChI is InChI=1S/C24H27ClFN5O2/c1-15-29-30-23(33-15)11-18-2-3-20(12-22(18)26)32-9-6-17-10-21(17)16-4-7-31(8-5-16)24-27-13-19(25)14-28-24/h2-3,12-14,16-17,21H,4-11H2,1H3. The Kier molecular flexibility index (Phi) is 6.44. The average molecular weight is 472 g/mol. The maximum absolute atomic E-state index is 14.4. The zero-order chi connectivity index (χ0) is 22.8. The molecule has 9 heteroatoms. The Hall–Kier alpha value is -2.74. The number of benzene rings is 1. The van der Waals surface area contributed by atoms with Crippen LogP contribution in [-0.4, -0.2) is 39.9 Å². The maximum atomic E-state index is 14.4. The number of hydrogen-bond acceptors (Lipinski definition) is 7. The van der Waals surface area contributed by atoms with E-state index in [2.05, 4.69) is 25.1 Å². The van der Waals surface area contributed by atoms with E-state index >= 15 is 0 Å². The van der Waals surface area contributed by atoms with Crippen LogP contribution in [0.25, 0.3) is 0 Å². The fourth-order valence-corrected chi connectivity index (χ4v) is 4.94. The number of anilines is 1. The van der Waals surface area contributed by atoms with Crippen LogP contribution in [0.2, 0.25) is 5.02 Å². The van der Waals surface area contributed by atoms with Crippen LogP contribution in [0.1, 0.15) is 43.0 Å². The van der Waals surface area contributed by atoms with Crippen molar-refractivity contribution in [1.82, 2.24) is 20.2 Å². The number of nitrogens with zero attached hydrogens (tertiary/aromatic N) is 5. The molecule has 1 aromatic carbocycles. The van der Waals surface area contributed by atoms with Crippen LogP contribution in [0.15, 0.2) is 35.0 Å². The molecular formula is C24H27ClFN5O2. The highest BCUT2D eigenvalue weighted by Crippen LogP contribution is 2.49. The van der Waals surface area contributed by atoms with Crippen LogP contribution in [0.4, 0.5) is 10.3 Å². The zero-order valence-corrected chi connectivity index (χ0v) is 19.3. The van der Waals surface area contributed by atoms with Gasteiger partial charge in [0.05, 0.1) is 30.4 Å². The van der Waals surface area contributed by atoms with E-state index in [1.807, 2.05) is 0 Å². The van der Waals surface area contributed by atoms with E-state index in [0.29, 0.717) is 40.6 Å². The SMILES string of the molecule is Cc1nnc(Cc2ccc(OCCC3CC3C3CCN(c4ncc(Cl)cn4)CC3)cc2F)o1. The highest BCUT2D eigenvalue weighted by molar-refractivity contribution is 6.30. The molecular weight excluding hydrogens is 445 g/mol. The molecule has 0 N–H and O–H groups in total. The molecule has 1 saturated carbocycles. The fourth-order valence-electron chi connectivity index (χ4n) is 4.84. The molecule has 0 radical (unpaired) electrons. The average Bonchev–Trinajstić information content (AvgIpc) is 3.48. The molecule has 5 rings (SSSR count). The van der Waals surface area contributed by atoms with Gasteiger partial charge in [0, 0.05) is 26.1 Å². The first-order valence-corrected chi connectivity index (χ1v) is 11.9. The highest BCUT2D eigenvalue weighted by atomic mass is 35.5. The lowest BCUT2D eigenvalue weighted by Crippen LogP contribution is -2.35. The third kappa shape index (κ3) is 5.43. The predicted octanol–water partition coefficient (Wildman–Crippen LogP) is 4.87. The number of halogens is 2. The molecule has 7 nitrogen and oxygen atoms in total. The lowest BCUT2D eigenvalue weighted by molar-refractivity contribution is 0.283. The highest BCUT2D eigenvalue weighted by Gasteiger charge is 2.43. The van der Waals surface area contributed by atoms with Gasteiger partial charge in [0.15, 0.2) is 0 Å². The summed E-state index contributed by atoms with van der Waals surface area (Å²) in [5.74, 6) is 4.14. The molecule has 2 aromatic heterocycles. The minimum Gasteiger partial charge on any atom is -0.493 e. The van der Waals surface area contributed by atoms with Crippen LogP contribution < -0.4 is 9.64 Å². The van der Waals surface area contributed by atoms with Gasteiger partial charge in [-0.05, 0) is 55.1 Å². The lowest BCUT2D eigenvalue weighted by atomic mass is 9.90. The van der Waals surface area contributed by atoms with Crippen LogP contribution in [-0.2, 0) is 6.42 Å². The van der Waals surface area contributed by atoms with E-state index in [4.69, 9.17) is 20.8 Å². The summed E-state index contributed by atoms with van der Waals surface area (Å²) in [6, 6.07) is 4.97. The van der Waals surface area contributed by atoms with Crippen LogP contribution in [0.5, 0.6) is 5.75 Å². The van der Waals surface area contributed by atoms with E-state index in [0.717, 1.165) is 37.3 Å². The quantitative estimate of drug-likeness (QED) is 0.463. The number of aryl methyl sites for hydroxylation is 1. The van der Waals surface area contributed by atoms with Crippen LogP contribution in [0, 0.1) is 30.5 Å². The van der Waals surface area contributed by atoms with Gasteiger partial charge in [-0.25, -0.2) is 14.4 Å². The van der Waals surface area contributed by atoms with Crippen molar-refractivity contribution in [3.8, 4) is 5.75 Å². The van der Waals surface area contributed by atoms with Crippen molar-refractivity contribution in [2.45, 2.75) is 39.0 Å². The van der Waals surface area contributed by atoms with Gasteiger partial charge in [-0.15, -0.1) is 10.2 Å². The lowest BCUT2D eigenvalue weighted by Gasteiger charge is -2.32. The first-order valence-electron chi connectivity index (χ1n) is 11.5. The van der Waals surface area contributed by atoms with Gasteiger partial charge in [-0.2, -0.15) is 0 Å². The Morgan fingerprint density at radius 1 is 1.18 bits per heavy atom. The van der Waals surface area contributed by atoms with Gasteiger partial charge in [-0.1, -0.05) is 17.7 Å². The van der Waals surface area contributed by atoms with Gasteiger partial charge in [0.25, 0.3) is 0 Å². The molecule has 1 saturated heterocycles. The molecule has 2 unspecified atom stereocenters. The summed E-state index contributed by atoms with van der Waals surface area (Å²) in [7, 11) is 0. The molecule has 2 aliphatic rings. The Morgan fingerprint density at radius 2 is 1.97 bits per heavy atom. The monoisotopic (exact) mass is 471 g/mol. The topological polar surface area (TPSA) is 77.2 Å². The van der Waals surface area contributed by atoms with Crippen molar-refractivity contribution in [3.63, 3.8) is 0 Å². The molecule has 174 valence electrons. The summed E-state index contributed by atoms with van der Waals surface area (Å²) >= 11 is 5.89. The first kappa shape index (κ1) is 22.1. The molecule has 2 fully saturated rings. The zero-order valence-electron chi connectivity index (χ0n) is 18.6. The number of piperidine rings is 1. The molecule has 3 aromatic rings. The van der Waals surface area contributed by atoms with E-state index in [-0.39, 0.29) is 12.2 Å². The van der Waals surface area contributed by atoms with Crippen molar-refractivity contribution in [2.75, 3.05) is 24.6 Å². The normalized spacial score (nSPS) is 20.8. The number of rotatable bonds is 8. The second kappa shape index (κ2) is 9.63. The van der Waals surface area contributed by atoms with Crippen molar-refractivity contribution < 1.29 is 13.5 Å². The van der Waals surface area contributed by atoms with Crippen LogP contribution in [0.3, 0.4) is 0 Å². The second-order valence-corrected chi connectivity index (χ2v) is 9.40. The maximum Gasteiger partial charge on any atom is 0.225 e. The molecule has 0 spiro atoms. The van der Waals surface area contributed by atoms with Crippen molar-refractivity contribution in [2.24, 2.45) is 17.8 Å². The molecule has 2 atom stereocenters. The minimum atomic E-state index is -0.316. The summed E-state index contributed by atoms with van der Waals surface area (Å²) in [6.45, 7) is 4.30.